The van der Waals surface area contributed by atoms with Crippen LogP contribution in [0.5, 0.6) is 0 Å². The number of hydrogen-bond acceptors (Lipinski definition) is 2. The molecule has 0 aliphatic carbocycles. The molecular formula is C7H4BrClFNO. The van der Waals surface area contributed by atoms with Crippen molar-refractivity contribution in [2.24, 2.45) is 5.16 Å². The number of benzene rings is 1. The average Bonchev–Trinajstić information content (AvgIpc) is 2.08. The first-order valence-corrected chi connectivity index (χ1v) is 4.16. The molecule has 0 spiro atoms. The molecule has 1 rings (SSSR count). The molecule has 12 heavy (non-hydrogen) atoms. The van der Waals surface area contributed by atoms with Gasteiger partial charge < -0.3 is 5.21 Å². The van der Waals surface area contributed by atoms with Crippen LogP contribution in [-0.4, -0.2) is 10.4 Å². The van der Waals surface area contributed by atoms with Gasteiger partial charge in [-0.3, -0.25) is 0 Å². The number of nitrogens with zero attached hydrogens (tertiary/aromatic N) is 1. The maximum Gasteiger partial charge on any atom is 0.176 e. The molecule has 0 heterocycles. The summed E-state index contributed by atoms with van der Waals surface area (Å²) < 4.78 is 13.0. The topological polar surface area (TPSA) is 32.6 Å². The summed E-state index contributed by atoms with van der Waals surface area (Å²) in [6.45, 7) is 0. The van der Waals surface area contributed by atoms with Crippen molar-refractivity contribution in [1.82, 2.24) is 0 Å². The third-order valence-corrected chi connectivity index (χ3v) is 2.35. The van der Waals surface area contributed by atoms with Crippen LogP contribution in [-0.2, 0) is 0 Å². The van der Waals surface area contributed by atoms with Gasteiger partial charge in [0.15, 0.2) is 5.17 Å². The van der Waals surface area contributed by atoms with Crippen LogP contribution in [0, 0.1) is 5.82 Å². The van der Waals surface area contributed by atoms with Crippen LogP contribution in [0.15, 0.2) is 27.8 Å². The van der Waals surface area contributed by atoms with Crippen molar-refractivity contribution >= 4 is 32.7 Å². The monoisotopic (exact) mass is 251 g/mol. The summed E-state index contributed by atoms with van der Waals surface area (Å²) in [7, 11) is 0. The van der Waals surface area contributed by atoms with E-state index in [2.05, 4.69) is 21.1 Å². The van der Waals surface area contributed by atoms with Gasteiger partial charge in [-0.1, -0.05) is 28.9 Å². The van der Waals surface area contributed by atoms with E-state index in [4.69, 9.17) is 16.8 Å². The molecule has 0 saturated carbocycles. The Kier molecular flexibility index (Phi) is 3.05. The molecule has 0 radical (unpaired) electrons. The maximum atomic E-state index is 12.8. The molecule has 0 aliphatic heterocycles. The van der Waals surface area contributed by atoms with E-state index in [9.17, 15) is 4.39 Å². The third-order valence-electron chi connectivity index (χ3n) is 1.26. The molecule has 2 nitrogen and oxygen atoms in total. The summed E-state index contributed by atoms with van der Waals surface area (Å²) in [6.07, 6.45) is 0. The quantitative estimate of drug-likeness (QED) is 0.465. The van der Waals surface area contributed by atoms with Crippen molar-refractivity contribution in [2.45, 2.75) is 0 Å². The Balaban J connectivity index is 3.26. The van der Waals surface area contributed by atoms with E-state index < -0.39 is 5.82 Å². The van der Waals surface area contributed by atoms with Crippen LogP contribution in [0.1, 0.15) is 5.56 Å². The highest BCUT2D eigenvalue weighted by molar-refractivity contribution is 9.10. The van der Waals surface area contributed by atoms with Crippen LogP contribution in [0.4, 0.5) is 4.39 Å². The van der Waals surface area contributed by atoms with Crippen LogP contribution >= 0.6 is 27.5 Å². The van der Waals surface area contributed by atoms with Crippen LogP contribution in [0.2, 0.25) is 0 Å². The fourth-order valence-corrected chi connectivity index (χ4v) is 1.44. The molecule has 0 saturated heterocycles. The largest absolute Gasteiger partial charge is 0.410 e. The number of oxime groups is 1. The molecule has 0 amide bonds. The molecule has 1 aromatic carbocycles. The van der Waals surface area contributed by atoms with Gasteiger partial charge in [-0.2, -0.15) is 0 Å². The van der Waals surface area contributed by atoms with Crippen molar-refractivity contribution in [2.75, 3.05) is 0 Å². The Morgan fingerprint density at radius 1 is 1.58 bits per heavy atom. The second-order valence-corrected chi connectivity index (χ2v) is 3.14. The number of hydrogen-bond donors (Lipinski definition) is 1. The molecule has 64 valence electrons. The van der Waals surface area contributed by atoms with Gasteiger partial charge in [0, 0.05) is 5.56 Å². The summed E-state index contributed by atoms with van der Waals surface area (Å²) in [4.78, 5) is 0. The Morgan fingerprint density at radius 3 is 2.83 bits per heavy atom. The lowest BCUT2D eigenvalue weighted by molar-refractivity contribution is 0.321. The Morgan fingerprint density at radius 2 is 2.25 bits per heavy atom. The molecule has 0 aromatic heterocycles. The van der Waals surface area contributed by atoms with Crippen molar-refractivity contribution in [3.63, 3.8) is 0 Å². The lowest BCUT2D eigenvalue weighted by Gasteiger charge is -2.00. The second kappa shape index (κ2) is 3.87. The lowest BCUT2D eigenvalue weighted by atomic mass is 10.2. The lowest BCUT2D eigenvalue weighted by Crippen LogP contribution is -1.94. The summed E-state index contributed by atoms with van der Waals surface area (Å²) in [5.74, 6) is -0.450. The van der Waals surface area contributed by atoms with Crippen molar-refractivity contribution < 1.29 is 9.60 Å². The first kappa shape index (κ1) is 9.48. The summed E-state index contributed by atoms with van der Waals surface area (Å²) in [5.41, 5.74) is 0.319. The summed E-state index contributed by atoms with van der Waals surface area (Å²) >= 11 is 8.44. The van der Waals surface area contributed by atoms with E-state index in [0.717, 1.165) is 0 Å². The minimum Gasteiger partial charge on any atom is -0.410 e. The molecule has 0 atom stereocenters. The third kappa shape index (κ3) is 1.76. The molecule has 1 aromatic rings. The number of halogens is 3. The van der Waals surface area contributed by atoms with Gasteiger partial charge >= 0.3 is 0 Å². The fraction of sp³-hybridized carbons (Fsp3) is 0. The Labute approximate surface area is 81.8 Å². The smallest absolute Gasteiger partial charge is 0.176 e. The predicted octanol–water partition coefficient (Wildman–Crippen LogP) is 2.96. The average molecular weight is 252 g/mol. The SMILES string of the molecule is ON=C(Cl)c1cccc(F)c1Br. The fourth-order valence-electron chi connectivity index (χ4n) is 0.717. The highest BCUT2D eigenvalue weighted by Gasteiger charge is 2.08. The van der Waals surface area contributed by atoms with Gasteiger partial charge in [0.25, 0.3) is 0 Å². The molecular weight excluding hydrogens is 248 g/mol. The zero-order chi connectivity index (χ0) is 9.14. The van der Waals surface area contributed by atoms with Crippen LogP contribution < -0.4 is 0 Å². The molecule has 5 heteroatoms. The van der Waals surface area contributed by atoms with Crippen LogP contribution in [0.3, 0.4) is 0 Å². The summed E-state index contributed by atoms with van der Waals surface area (Å²) in [6, 6.07) is 4.29. The minimum atomic E-state index is -0.450. The first-order chi connectivity index (χ1) is 5.66. The first-order valence-electron chi connectivity index (χ1n) is 2.98. The van der Waals surface area contributed by atoms with Crippen LogP contribution in [0.25, 0.3) is 0 Å². The van der Waals surface area contributed by atoms with Crippen molar-refractivity contribution in [1.29, 1.82) is 0 Å². The summed E-state index contributed by atoms with van der Waals surface area (Å²) in [5, 5.41) is 10.9. The normalized spacial score (nSPS) is 11.8. The van der Waals surface area contributed by atoms with E-state index in [1.54, 1.807) is 0 Å². The molecule has 0 aliphatic rings. The van der Waals surface area contributed by atoms with Gasteiger partial charge in [-0.05, 0) is 22.0 Å². The van der Waals surface area contributed by atoms with E-state index in [1.165, 1.54) is 18.2 Å². The van der Waals surface area contributed by atoms with Gasteiger partial charge in [0.05, 0.1) is 4.47 Å². The molecule has 1 N–H and O–H groups in total. The van der Waals surface area contributed by atoms with Gasteiger partial charge in [0.2, 0.25) is 0 Å². The van der Waals surface area contributed by atoms with E-state index in [0.29, 0.717) is 5.56 Å². The maximum absolute atomic E-state index is 12.8. The van der Waals surface area contributed by atoms with Gasteiger partial charge in [-0.15, -0.1) is 0 Å². The Hall–Kier alpha value is -0.610. The van der Waals surface area contributed by atoms with Gasteiger partial charge in [0.1, 0.15) is 5.82 Å². The number of rotatable bonds is 1. The van der Waals surface area contributed by atoms with Crippen molar-refractivity contribution in [3.8, 4) is 0 Å². The highest BCUT2D eigenvalue weighted by atomic mass is 79.9. The highest BCUT2D eigenvalue weighted by Crippen LogP contribution is 2.21. The van der Waals surface area contributed by atoms with E-state index in [1.807, 2.05) is 0 Å². The standard InChI is InChI=1S/C7H4BrClFNO/c8-6-4(7(9)11-12)2-1-3-5(6)10/h1-3,12H. The zero-order valence-corrected chi connectivity index (χ0v) is 8.10. The molecule has 0 fully saturated rings. The zero-order valence-electron chi connectivity index (χ0n) is 5.76. The Bertz CT molecular complexity index is 329. The van der Waals surface area contributed by atoms with Crippen molar-refractivity contribution in [3.05, 3.63) is 34.1 Å². The molecule has 0 unspecified atom stereocenters. The minimum absolute atomic E-state index is 0.152. The van der Waals surface area contributed by atoms with E-state index in [-0.39, 0.29) is 9.64 Å². The molecule has 0 bridgehead atoms. The second-order valence-electron chi connectivity index (χ2n) is 1.99. The van der Waals surface area contributed by atoms with E-state index >= 15 is 0 Å². The van der Waals surface area contributed by atoms with Gasteiger partial charge in [-0.25, -0.2) is 4.39 Å². The predicted molar refractivity (Wildman–Crippen MR) is 48.3 cm³/mol.